The van der Waals surface area contributed by atoms with Gasteiger partial charge in [-0.2, -0.15) is 5.10 Å². The normalized spacial score (nSPS) is 17.3. The zero-order valence-corrected chi connectivity index (χ0v) is 12.3. The molecule has 1 aliphatic heterocycles. The lowest BCUT2D eigenvalue weighted by Gasteiger charge is -2.17. The summed E-state index contributed by atoms with van der Waals surface area (Å²) in [6.45, 7) is 1.23. The molecule has 6 heteroatoms. The quantitative estimate of drug-likeness (QED) is 0.861. The summed E-state index contributed by atoms with van der Waals surface area (Å²) in [5.41, 5.74) is 0.654. The molecule has 6 nitrogen and oxygen atoms in total. The second-order valence-corrected chi connectivity index (χ2v) is 5.07. The fourth-order valence-electron chi connectivity index (χ4n) is 2.45. The number of rotatable bonds is 4. The van der Waals surface area contributed by atoms with Gasteiger partial charge in [0.25, 0.3) is 5.91 Å². The molecule has 1 saturated heterocycles. The summed E-state index contributed by atoms with van der Waals surface area (Å²) < 4.78 is 10.8. The number of nitrogens with zero attached hydrogens (tertiary/aromatic N) is 3. The molecule has 2 heterocycles. The van der Waals surface area contributed by atoms with Crippen LogP contribution in [-0.4, -0.2) is 47.3 Å². The van der Waals surface area contributed by atoms with Crippen molar-refractivity contribution in [1.82, 2.24) is 15.1 Å². The molecule has 0 spiro atoms. The predicted octanol–water partition coefficient (Wildman–Crippen LogP) is 1.78. The first-order valence-corrected chi connectivity index (χ1v) is 7.14. The first kappa shape index (κ1) is 14.3. The van der Waals surface area contributed by atoms with E-state index in [1.54, 1.807) is 54.6 Å². The Bertz CT molecular complexity index is 631. The zero-order chi connectivity index (χ0) is 15.4. The molecular formula is C16H17N3O3. The molecule has 1 amide bonds. The minimum atomic E-state index is -0.0427. The Labute approximate surface area is 128 Å². The van der Waals surface area contributed by atoms with Gasteiger partial charge in [0.05, 0.1) is 13.7 Å². The fraction of sp³-hybridized carbons (Fsp3) is 0.312. The summed E-state index contributed by atoms with van der Waals surface area (Å²) >= 11 is 0. The molecule has 1 fully saturated rings. The van der Waals surface area contributed by atoms with Gasteiger partial charge >= 0.3 is 0 Å². The third kappa shape index (κ3) is 3.16. The minimum Gasteiger partial charge on any atom is -0.497 e. The summed E-state index contributed by atoms with van der Waals surface area (Å²) in [4.78, 5) is 14.2. The van der Waals surface area contributed by atoms with Crippen molar-refractivity contribution < 1.29 is 14.3 Å². The summed E-state index contributed by atoms with van der Waals surface area (Å²) in [6, 6.07) is 10.7. The number of hydrogen-bond acceptors (Lipinski definition) is 5. The van der Waals surface area contributed by atoms with Crippen molar-refractivity contribution in [2.45, 2.75) is 12.5 Å². The molecule has 0 bridgehead atoms. The van der Waals surface area contributed by atoms with E-state index in [1.807, 2.05) is 0 Å². The van der Waals surface area contributed by atoms with Gasteiger partial charge in [-0.1, -0.05) is 0 Å². The second kappa shape index (κ2) is 6.43. The summed E-state index contributed by atoms with van der Waals surface area (Å²) in [5, 5.41) is 7.68. The first-order chi connectivity index (χ1) is 10.8. The topological polar surface area (TPSA) is 64.5 Å². The van der Waals surface area contributed by atoms with Crippen molar-refractivity contribution in [1.29, 1.82) is 0 Å². The number of amides is 1. The number of ether oxygens (including phenoxy) is 2. The van der Waals surface area contributed by atoms with Crippen LogP contribution in [0.15, 0.2) is 42.6 Å². The number of hydrogen-bond donors (Lipinski definition) is 0. The van der Waals surface area contributed by atoms with Crippen molar-refractivity contribution in [2.75, 3.05) is 20.2 Å². The highest BCUT2D eigenvalue weighted by atomic mass is 16.5. The van der Waals surface area contributed by atoms with Crippen LogP contribution in [0.3, 0.4) is 0 Å². The van der Waals surface area contributed by atoms with Gasteiger partial charge in [-0.3, -0.25) is 4.79 Å². The Hall–Kier alpha value is -2.63. The number of methoxy groups -OCH3 is 1. The minimum absolute atomic E-state index is 0.00731. The fourth-order valence-corrected chi connectivity index (χ4v) is 2.45. The van der Waals surface area contributed by atoms with E-state index in [1.165, 1.54) is 0 Å². The number of likely N-dealkylation sites (tertiary alicyclic amines) is 1. The Morgan fingerprint density at radius 3 is 2.77 bits per heavy atom. The van der Waals surface area contributed by atoms with E-state index in [4.69, 9.17) is 9.47 Å². The van der Waals surface area contributed by atoms with Crippen LogP contribution < -0.4 is 9.47 Å². The van der Waals surface area contributed by atoms with Crippen LogP contribution in [0.1, 0.15) is 16.8 Å². The van der Waals surface area contributed by atoms with Gasteiger partial charge < -0.3 is 14.4 Å². The first-order valence-electron chi connectivity index (χ1n) is 7.14. The smallest absolute Gasteiger partial charge is 0.253 e. The lowest BCUT2D eigenvalue weighted by molar-refractivity contribution is 0.0771. The van der Waals surface area contributed by atoms with Crippen molar-refractivity contribution in [3.63, 3.8) is 0 Å². The van der Waals surface area contributed by atoms with Crippen LogP contribution in [-0.2, 0) is 0 Å². The van der Waals surface area contributed by atoms with Crippen molar-refractivity contribution in [3.8, 4) is 11.6 Å². The molecule has 0 N–H and O–H groups in total. The third-order valence-electron chi connectivity index (χ3n) is 3.60. The van der Waals surface area contributed by atoms with E-state index in [0.29, 0.717) is 24.5 Å². The molecule has 22 heavy (non-hydrogen) atoms. The predicted molar refractivity (Wildman–Crippen MR) is 80.0 cm³/mol. The standard InChI is InChI=1S/C16H17N3O3/c1-21-13-6-4-12(5-7-13)16(20)19-10-8-14(11-19)22-15-3-2-9-17-18-15/h2-7,9,14H,8,10-11H2,1H3. The van der Waals surface area contributed by atoms with Gasteiger partial charge in [0.1, 0.15) is 11.9 Å². The van der Waals surface area contributed by atoms with Gasteiger partial charge in [-0.15, -0.1) is 5.10 Å². The van der Waals surface area contributed by atoms with Crippen LogP contribution in [0.2, 0.25) is 0 Å². The maximum absolute atomic E-state index is 12.4. The largest absolute Gasteiger partial charge is 0.497 e. The summed E-state index contributed by atoms with van der Waals surface area (Å²) in [7, 11) is 1.60. The number of carbonyl (C=O) groups excluding carboxylic acids is 1. The molecule has 1 aromatic heterocycles. The molecular weight excluding hydrogens is 282 g/mol. The van der Waals surface area contributed by atoms with E-state index in [9.17, 15) is 4.79 Å². The average molecular weight is 299 g/mol. The molecule has 0 aliphatic carbocycles. The van der Waals surface area contributed by atoms with Crippen LogP contribution in [0.4, 0.5) is 0 Å². The van der Waals surface area contributed by atoms with E-state index in [2.05, 4.69) is 10.2 Å². The van der Waals surface area contributed by atoms with Crippen molar-refractivity contribution in [3.05, 3.63) is 48.2 Å². The molecule has 2 aromatic rings. The van der Waals surface area contributed by atoms with Crippen molar-refractivity contribution >= 4 is 5.91 Å². The Morgan fingerprint density at radius 2 is 2.09 bits per heavy atom. The molecule has 1 unspecified atom stereocenters. The second-order valence-electron chi connectivity index (χ2n) is 5.07. The summed E-state index contributed by atoms with van der Waals surface area (Å²) in [6.07, 6.45) is 2.35. The van der Waals surface area contributed by atoms with E-state index >= 15 is 0 Å². The Balaban J connectivity index is 1.60. The van der Waals surface area contributed by atoms with Gasteiger partial charge in [0, 0.05) is 30.8 Å². The van der Waals surface area contributed by atoms with Gasteiger partial charge in [0.2, 0.25) is 5.88 Å². The highest BCUT2D eigenvalue weighted by Gasteiger charge is 2.28. The number of benzene rings is 1. The van der Waals surface area contributed by atoms with Crippen molar-refractivity contribution in [2.24, 2.45) is 0 Å². The van der Waals surface area contributed by atoms with E-state index in [-0.39, 0.29) is 12.0 Å². The molecule has 0 saturated carbocycles. The average Bonchev–Trinajstić information content (AvgIpc) is 3.04. The molecule has 0 radical (unpaired) electrons. The van der Waals surface area contributed by atoms with E-state index in [0.717, 1.165) is 12.2 Å². The Kier molecular flexibility index (Phi) is 4.18. The maximum Gasteiger partial charge on any atom is 0.253 e. The van der Waals surface area contributed by atoms with Crippen LogP contribution in [0, 0.1) is 0 Å². The monoisotopic (exact) mass is 299 g/mol. The zero-order valence-electron chi connectivity index (χ0n) is 12.3. The van der Waals surface area contributed by atoms with Crippen LogP contribution >= 0.6 is 0 Å². The molecule has 1 atom stereocenters. The van der Waals surface area contributed by atoms with Gasteiger partial charge in [-0.25, -0.2) is 0 Å². The maximum atomic E-state index is 12.4. The summed E-state index contributed by atoms with van der Waals surface area (Å²) in [5.74, 6) is 1.24. The SMILES string of the molecule is COc1ccc(C(=O)N2CCC(Oc3cccnn3)C2)cc1. The molecule has 1 aromatic carbocycles. The Morgan fingerprint density at radius 1 is 1.27 bits per heavy atom. The number of carbonyl (C=O) groups is 1. The van der Waals surface area contributed by atoms with Crippen LogP contribution in [0.5, 0.6) is 11.6 Å². The van der Waals surface area contributed by atoms with Gasteiger partial charge in [-0.05, 0) is 30.3 Å². The molecule has 3 rings (SSSR count). The third-order valence-corrected chi connectivity index (χ3v) is 3.60. The molecule has 114 valence electrons. The lowest BCUT2D eigenvalue weighted by Crippen LogP contribution is -2.31. The number of aromatic nitrogens is 2. The molecule has 1 aliphatic rings. The highest BCUT2D eigenvalue weighted by Crippen LogP contribution is 2.19. The highest BCUT2D eigenvalue weighted by molar-refractivity contribution is 5.94. The lowest BCUT2D eigenvalue weighted by atomic mass is 10.2. The van der Waals surface area contributed by atoms with E-state index < -0.39 is 0 Å². The van der Waals surface area contributed by atoms with Gasteiger partial charge in [0.15, 0.2) is 0 Å². The van der Waals surface area contributed by atoms with Crippen LogP contribution in [0.25, 0.3) is 0 Å².